The maximum atomic E-state index is 13.4. The normalized spacial score (nSPS) is 11.5. The van der Waals surface area contributed by atoms with E-state index in [9.17, 15) is 33.2 Å². The number of hydrogen-bond donors (Lipinski definition) is 1. The molecule has 2 aromatic carbocycles. The Balaban J connectivity index is 2.40. The maximum Gasteiger partial charge on any atom is 0.418 e. The first-order valence-corrected chi connectivity index (χ1v) is 11.0. The minimum absolute atomic E-state index is 0.0622. The van der Waals surface area contributed by atoms with Gasteiger partial charge in [-0.05, 0) is 32.4 Å². The molecule has 0 saturated heterocycles. The van der Waals surface area contributed by atoms with Gasteiger partial charge >= 0.3 is 12.1 Å². The number of rotatable bonds is 12. The van der Waals surface area contributed by atoms with Crippen LogP contribution in [0.4, 0.5) is 35.9 Å². The number of azo groups is 1. The van der Waals surface area contributed by atoms with Gasteiger partial charge in [0.2, 0.25) is 0 Å². The van der Waals surface area contributed by atoms with Crippen LogP contribution in [0.5, 0.6) is 5.75 Å². The lowest BCUT2D eigenvalue weighted by Gasteiger charge is -2.26. The number of carbonyl (C=O) groups is 1. The number of ether oxygens (including phenoxy) is 2. The molecule has 0 spiro atoms. The van der Waals surface area contributed by atoms with Gasteiger partial charge < -0.3 is 19.5 Å². The van der Waals surface area contributed by atoms with Gasteiger partial charge in [-0.25, -0.2) is 0 Å². The lowest BCUT2D eigenvalue weighted by Crippen LogP contribution is -2.25. The van der Waals surface area contributed by atoms with Crippen LogP contribution in [-0.2, 0) is 22.3 Å². The van der Waals surface area contributed by atoms with Crippen LogP contribution in [0, 0.1) is 10.1 Å². The number of alkyl halides is 3. The van der Waals surface area contributed by atoms with Gasteiger partial charge in [0, 0.05) is 43.3 Å². The van der Waals surface area contributed by atoms with Crippen molar-refractivity contribution in [3.05, 3.63) is 51.6 Å². The number of aliphatic hydroxyl groups is 1. The summed E-state index contributed by atoms with van der Waals surface area (Å²) in [5.41, 5.74) is -1.73. The standard InChI is InChI=1S/C23H27F3N4O6/c1-4-29(10-6-7-22(32)36-5-2)20-11-15(14-31)19(13-21(20)35-3)28-27-18-9-8-16(30(33)34)12-17(18)23(24,25)26/h8-9,11-13,31H,4-7,10,14H2,1-3H3. The molecule has 196 valence electrons. The Labute approximate surface area is 205 Å². The van der Waals surface area contributed by atoms with E-state index in [2.05, 4.69) is 10.2 Å². The average Bonchev–Trinajstić information content (AvgIpc) is 2.84. The molecule has 0 aliphatic carbocycles. The number of methoxy groups -OCH3 is 1. The zero-order chi connectivity index (χ0) is 26.9. The molecule has 0 fully saturated rings. The fourth-order valence-corrected chi connectivity index (χ4v) is 3.39. The van der Waals surface area contributed by atoms with Crippen LogP contribution in [0.25, 0.3) is 0 Å². The largest absolute Gasteiger partial charge is 0.495 e. The topological polar surface area (TPSA) is 127 Å². The first-order valence-electron chi connectivity index (χ1n) is 11.0. The maximum absolute atomic E-state index is 13.4. The molecule has 0 aliphatic rings. The molecule has 36 heavy (non-hydrogen) atoms. The summed E-state index contributed by atoms with van der Waals surface area (Å²) in [4.78, 5) is 23.5. The molecule has 0 amide bonds. The molecule has 2 rings (SSSR count). The number of halogens is 3. The second kappa shape index (κ2) is 12.8. The summed E-state index contributed by atoms with van der Waals surface area (Å²) in [5.74, 6) is 0.0238. The minimum Gasteiger partial charge on any atom is -0.495 e. The van der Waals surface area contributed by atoms with Crippen molar-refractivity contribution in [2.45, 2.75) is 39.5 Å². The fraction of sp³-hybridized carbons (Fsp3) is 0.435. The molecule has 0 aromatic heterocycles. The van der Waals surface area contributed by atoms with Gasteiger partial charge in [-0.1, -0.05) is 0 Å². The summed E-state index contributed by atoms with van der Waals surface area (Å²) < 4.78 is 50.7. The summed E-state index contributed by atoms with van der Waals surface area (Å²) in [6.45, 7) is 4.45. The van der Waals surface area contributed by atoms with Crippen molar-refractivity contribution in [1.29, 1.82) is 0 Å². The van der Waals surface area contributed by atoms with E-state index < -0.39 is 34.6 Å². The van der Waals surface area contributed by atoms with Crippen molar-refractivity contribution in [2.75, 3.05) is 31.7 Å². The number of hydrogen-bond acceptors (Lipinski definition) is 9. The van der Waals surface area contributed by atoms with Crippen LogP contribution in [0.3, 0.4) is 0 Å². The summed E-state index contributed by atoms with van der Waals surface area (Å²) in [6.07, 6.45) is -4.17. The van der Waals surface area contributed by atoms with Crippen molar-refractivity contribution in [3.63, 3.8) is 0 Å². The van der Waals surface area contributed by atoms with Gasteiger partial charge in [-0.15, -0.1) is 5.11 Å². The number of benzene rings is 2. The highest BCUT2D eigenvalue weighted by Gasteiger charge is 2.35. The third-order valence-corrected chi connectivity index (χ3v) is 5.15. The summed E-state index contributed by atoms with van der Waals surface area (Å²) in [6, 6.07) is 5.16. The van der Waals surface area contributed by atoms with Crippen LogP contribution < -0.4 is 9.64 Å². The Hall–Kier alpha value is -3.74. The number of esters is 1. The lowest BCUT2D eigenvalue weighted by atomic mass is 10.1. The number of carbonyl (C=O) groups excluding carboxylic acids is 1. The highest BCUT2D eigenvalue weighted by molar-refractivity contribution is 5.70. The van der Waals surface area contributed by atoms with E-state index >= 15 is 0 Å². The smallest absolute Gasteiger partial charge is 0.418 e. The third-order valence-electron chi connectivity index (χ3n) is 5.15. The van der Waals surface area contributed by atoms with Gasteiger partial charge in [-0.3, -0.25) is 14.9 Å². The molecule has 0 heterocycles. The van der Waals surface area contributed by atoms with Crippen molar-refractivity contribution in [1.82, 2.24) is 0 Å². The van der Waals surface area contributed by atoms with Crippen molar-refractivity contribution >= 4 is 28.7 Å². The number of anilines is 1. The highest BCUT2D eigenvalue weighted by Crippen LogP contribution is 2.40. The fourth-order valence-electron chi connectivity index (χ4n) is 3.39. The average molecular weight is 512 g/mol. The van der Waals surface area contributed by atoms with Crippen molar-refractivity contribution in [2.24, 2.45) is 10.2 Å². The zero-order valence-corrected chi connectivity index (χ0v) is 20.0. The predicted molar refractivity (Wildman–Crippen MR) is 125 cm³/mol. The SMILES string of the molecule is CCOC(=O)CCCN(CC)c1cc(CO)c(N=Nc2ccc([N+](=O)[O-])cc2C(F)(F)F)cc1OC. The van der Waals surface area contributed by atoms with Gasteiger partial charge in [0.15, 0.2) is 0 Å². The van der Waals surface area contributed by atoms with E-state index in [1.54, 1.807) is 13.0 Å². The predicted octanol–water partition coefficient (Wildman–Crippen LogP) is 5.70. The van der Waals surface area contributed by atoms with Crippen LogP contribution in [0.1, 0.15) is 37.8 Å². The molecule has 0 atom stereocenters. The number of nitrogens with zero attached hydrogens (tertiary/aromatic N) is 4. The first kappa shape index (κ1) is 28.5. The van der Waals surface area contributed by atoms with Gasteiger partial charge in [0.1, 0.15) is 5.75 Å². The van der Waals surface area contributed by atoms with Crippen LogP contribution in [0.15, 0.2) is 40.6 Å². The van der Waals surface area contributed by atoms with Crippen LogP contribution in [0.2, 0.25) is 0 Å². The lowest BCUT2D eigenvalue weighted by molar-refractivity contribution is -0.385. The number of nitro benzene ring substituents is 1. The Kier molecular flexibility index (Phi) is 10.1. The minimum atomic E-state index is -4.90. The van der Waals surface area contributed by atoms with Gasteiger partial charge in [-0.2, -0.15) is 18.3 Å². The second-order valence-corrected chi connectivity index (χ2v) is 7.46. The molecule has 13 heteroatoms. The molecule has 0 saturated carbocycles. The number of aliphatic hydroxyl groups excluding tert-OH is 1. The van der Waals surface area contributed by atoms with Gasteiger partial charge in [0.25, 0.3) is 5.69 Å². The van der Waals surface area contributed by atoms with Crippen molar-refractivity contribution in [3.8, 4) is 5.75 Å². The van der Waals surface area contributed by atoms with Crippen molar-refractivity contribution < 1.29 is 37.5 Å². The quantitative estimate of drug-likeness (QED) is 0.167. The van der Waals surface area contributed by atoms with Crippen LogP contribution >= 0.6 is 0 Å². The highest BCUT2D eigenvalue weighted by atomic mass is 19.4. The monoisotopic (exact) mass is 512 g/mol. The number of non-ortho nitro benzene ring substituents is 1. The Morgan fingerprint density at radius 1 is 1.17 bits per heavy atom. The van der Waals surface area contributed by atoms with E-state index in [1.165, 1.54) is 13.2 Å². The van der Waals surface area contributed by atoms with E-state index in [0.29, 0.717) is 43.6 Å². The Morgan fingerprint density at radius 3 is 2.42 bits per heavy atom. The third kappa shape index (κ3) is 7.38. The molecule has 0 aliphatic heterocycles. The summed E-state index contributed by atoms with van der Waals surface area (Å²) >= 11 is 0. The van der Waals surface area contributed by atoms with E-state index in [0.717, 1.165) is 12.1 Å². The number of nitro groups is 1. The Morgan fingerprint density at radius 2 is 1.86 bits per heavy atom. The zero-order valence-electron chi connectivity index (χ0n) is 20.0. The Bertz CT molecular complexity index is 1110. The molecule has 0 bridgehead atoms. The molecule has 0 unspecified atom stereocenters. The molecular formula is C23H27F3N4O6. The van der Waals surface area contributed by atoms with Crippen LogP contribution in [-0.4, -0.2) is 42.8 Å². The van der Waals surface area contributed by atoms with E-state index in [4.69, 9.17) is 9.47 Å². The second-order valence-electron chi connectivity index (χ2n) is 7.46. The first-order chi connectivity index (χ1) is 17.0. The molecule has 1 N–H and O–H groups in total. The van der Waals surface area contributed by atoms with E-state index in [1.807, 2.05) is 11.8 Å². The molecule has 2 aromatic rings. The molecule has 0 radical (unpaired) electrons. The summed E-state index contributed by atoms with van der Waals surface area (Å²) in [7, 11) is 1.41. The van der Waals surface area contributed by atoms with E-state index in [-0.39, 0.29) is 23.6 Å². The molecular weight excluding hydrogens is 485 g/mol. The van der Waals surface area contributed by atoms with Gasteiger partial charge in [0.05, 0.1) is 47.9 Å². The summed E-state index contributed by atoms with van der Waals surface area (Å²) in [5, 5.41) is 28.3. The molecule has 10 nitrogen and oxygen atoms in total.